The zero-order valence-electron chi connectivity index (χ0n) is 13.0. The molecule has 1 aromatic carbocycles. The van der Waals surface area contributed by atoms with Crippen LogP contribution in [0.3, 0.4) is 0 Å². The highest BCUT2D eigenvalue weighted by atomic mass is 19.1. The SMILES string of the molecule is Fc1ccc(OCCCCCCCN2CCCCC2)cc1. The molecule has 0 spiro atoms. The first-order valence-electron chi connectivity index (χ1n) is 8.45. The Kier molecular flexibility index (Phi) is 7.58. The van der Waals surface area contributed by atoms with Gasteiger partial charge in [0.2, 0.25) is 0 Å². The van der Waals surface area contributed by atoms with Crippen molar-refractivity contribution in [3.63, 3.8) is 0 Å². The molecule has 2 nitrogen and oxygen atoms in total. The first kappa shape index (κ1) is 16.3. The van der Waals surface area contributed by atoms with Crippen LogP contribution in [0.15, 0.2) is 24.3 Å². The van der Waals surface area contributed by atoms with E-state index in [4.69, 9.17) is 4.74 Å². The van der Waals surface area contributed by atoms with Crippen molar-refractivity contribution in [2.75, 3.05) is 26.2 Å². The first-order chi connectivity index (χ1) is 10.3. The number of piperidine rings is 1. The summed E-state index contributed by atoms with van der Waals surface area (Å²) in [5.74, 6) is 0.553. The molecule has 0 N–H and O–H groups in total. The van der Waals surface area contributed by atoms with Crippen molar-refractivity contribution in [2.45, 2.75) is 51.4 Å². The Morgan fingerprint density at radius 1 is 0.857 bits per heavy atom. The maximum absolute atomic E-state index is 12.7. The van der Waals surface area contributed by atoms with Gasteiger partial charge in [0.1, 0.15) is 11.6 Å². The highest BCUT2D eigenvalue weighted by Crippen LogP contribution is 2.13. The van der Waals surface area contributed by atoms with E-state index < -0.39 is 0 Å². The van der Waals surface area contributed by atoms with E-state index >= 15 is 0 Å². The van der Waals surface area contributed by atoms with Gasteiger partial charge in [-0.25, -0.2) is 4.39 Å². The average Bonchev–Trinajstić information content (AvgIpc) is 2.53. The minimum atomic E-state index is -0.212. The molecule has 21 heavy (non-hydrogen) atoms. The number of unbranched alkanes of at least 4 members (excludes halogenated alkanes) is 4. The predicted molar refractivity (Wildman–Crippen MR) is 85.3 cm³/mol. The summed E-state index contributed by atoms with van der Waals surface area (Å²) in [6.07, 6.45) is 10.5. The lowest BCUT2D eigenvalue weighted by atomic mass is 10.1. The third-order valence-corrected chi connectivity index (χ3v) is 4.15. The van der Waals surface area contributed by atoms with Crippen molar-refractivity contribution in [1.82, 2.24) is 4.90 Å². The molecule has 1 aliphatic rings. The molecule has 118 valence electrons. The van der Waals surface area contributed by atoms with Crippen molar-refractivity contribution < 1.29 is 9.13 Å². The molecule has 1 aliphatic heterocycles. The van der Waals surface area contributed by atoms with Gasteiger partial charge in [-0.05, 0) is 69.6 Å². The Labute approximate surface area is 128 Å². The Morgan fingerprint density at radius 2 is 1.52 bits per heavy atom. The fourth-order valence-corrected chi connectivity index (χ4v) is 2.87. The molecule has 0 aliphatic carbocycles. The molecule has 1 heterocycles. The highest BCUT2D eigenvalue weighted by Gasteiger charge is 2.08. The average molecular weight is 293 g/mol. The van der Waals surface area contributed by atoms with Crippen LogP contribution in [-0.2, 0) is 0 Å². The number of hydrogen-bond acceptors (Lipinski definition) is 2. The quantitative estimate of drug-likeness (QED) is 0.615. The second-order valence-corrected chi connectivity index (χ2v) is 5.97. The fraction of sp³-hybridized carbons (Fsp3) is 0.667. The molecule has 2 rings (SSSR count). The van der Waals surface area contributed by atoms with Crippen molar-refractivity contribution in [2.24, 2.45) is 0 Å². The van der Waals surface area contributed by atoms with Crippen molar-refractivity contribution in [3.8, 4) is 5.75 Å². The smallest absolute Gasteiger partial charge is 0.123 e. The van der Waals surface area contributed by atoms with Crippen molar-refractivity contribution >= 4 is 0 Å². The van der Waals surface area contributed by atoms with Gasteiger partial charge >= 0.3 is 0 Å². The second-order valence-electron chi connectivity index (χ2n) is 5.97. The van der Waals surface area contributed by atoms with E-state index in [0.717, 1.165) is 18.8 Å². The molecule has 0 aromatic heterocycles. The molecule has 3 heteroatoms. The topological polar surface area (TPSA) is 12.5 Å². The van der Waals surface area contributed by atoms with E-state index in [1.54, 1.807) is 12.1 Å². The first-order valence-corrected chi connectivity index (χ1v) is 8.45. The summed E-state index contributed by atoms with van der Waals surface area (Å²) in [7, 11) is 0. The summed E-state index contributed by atoms with van der Waals surface area (Å²) in [5, 5.41) is 0. The lowest BCUT2D eigenvalue weighted by Gasteiger charge is -2.26. The van der Waals surface area contributed by atoms with Gasteiger partial charge in [-0.3, -0.25) is 0 Å². The van der Waals surface area contributed by atoms with E-state index in [1.807, 2.05) is 0 Å². The summed E-state index contributed by atoms with van der Waals surface area (Å²) in [6.45, 7) is 4.64. The van der Waals surface area contributed by atoms with E-state index in [0.29, 0.717) is 0 Å². The summed E-state index contributed by atoms with van der Waals surface area (Å²) in [6, 6.07) is 6.26. The highest BCUT2D eigenvalue weighted by molar-refractivity contribution is 5.21. The normalized spacial score (nSPS) is 16.0. The minimum absolute atomic E-state index is 0.212. The Morgan fingerprint density at radius 3 is 2.29 bits per heavy atom. The molecule has 1 fully saturated rings. The molecule has 0 amide bonds. The predicted octanol–water partition coefficient (Wildman–Crippen LogP) is 4.64. The van der Waals surface area contributed by atoms with Gasteiger partial charge in [0.15, 0.2) is 0 Å². The van der Waals surface area contributed by atoms with Gasteiger partial charge in [0.05, 0.1) is 6.61 Å². The van der Waals surface area contributed by atoms with Gasteiger partial charge in [0, 0.05) is 0 Å². The summed E-state index contributed by atoms with van der Waals surface area (Å²) >= 11 is 0. The molecule has 0 bridgehead atoms. The Balaban J connectivity index is 1.40. The van der Waals surface area contributed by atoms with E-state index in [1.165, 1.54) is 76.7 Å². The number of rotatable bonds is 9. The molecule has 1 aromatic rings. The minimum Gasteiger partial charge on any atom is -0.494 e. The maximum atomic E-state index is 12.7. The van der Waals surface area contributed by atoms with Gasteiger partial charge in [0.25, 0.3) is 0 Å². The number of benzene rings is 1. The maximum Gasteiger partial charge on any atom is 0.123 e. The molecule has 0 atom stereocenters. The lowest BCUT2D eigenvalue weighted by molar-refractivity contribution is 0.223. The van der Waals surface area contributed by atoms with Crippen LogP contribution in [0.1, 0.15) is 51.4 Å². The lowest BCUT2D eigenvalue weighted by Crippen LogP contribution is -2.30. The van der Waals surface area contributed by atoms with Crippen LogP contribution in [0, 0.1) is 5.82 Å². The number of hydrogen-bond donors (Lipinski definition) is 0. The van der Waals surface area contributed by atoms with Gasteiger partial charge < -0.3 is 9.64 Å². The molecule has 1 saturated heterocycles. The largest absolute Gasteiger partial charge is 0.494 e. The van der Waals surface area contributed by atoms with Crippen LogP contribution < -0.4 is 4.74 Å². The van der Waals surface area contributed by atoms with Crippen LogP contribution in [-0.4, -0.2) is 31.1 Å². The number of likely N-dealkylation sites (tertiary alicyclic amines) is 1. The second kappa shape index (κ2) is 9.78. The van der Waals surface area contributed by atoms with Gasteiger partial charge in [-0.15, -0.1) is 0 Å². The third kappa shape index (κ3) is 6.94. The summed E-state index contributed by atoms with van der Waals surface area (Å²) in [5.41, 5.74) is 0. The Bertz CT molecular complexity index is 373. The van der Waals surface area contributed by atoms with Crippen LogP contribution in [0.25, 0.3) is 0 Å². The van der Waals surface area contributed by atoms with E-state index in [-0.39, 0.29) is 5.82 Å². The van der Waals surface area contributed by atoms with E-state index in [9.17, 15) is 4.39 Å². The summed E-state index contributed by atoms with van der Waals surface area (Å²) < 4.78 is 18.3. The zero-order chi connectivity index (χ0) is 14.8. The summed E-state index contributed by atoms with van der Waals surface area (Å²) in [4.78, 5) is 2.61. The molecule has 0 unspecified atom stereocenters. The number of halogens is 1. The van der Waals surface area contributed by atoms with Crippen LogP contribution in [0.4, 0.5) is 4.39 Å². The number of nitrogens with zero attached hydrogens (tertiary/aromatic N) is 1. The van der Waals surface area contributed by atoms with Crippen molar-refractivity contribution in [1.29, 1.82) is 0 Å². The molecular weight excluding hydrogens is 265 g/mol. The van der Waals surface area contributed by atoms with Crippen LogP contribution in [0.5, 0.6) is 5.75 Å². The third-order valence-electron chi connectivity index (χ3n) is 4.15. The standard InChI is InChI=1S/C18H28FNO/c19-17-9-11-18(12-10-17)21-16-8-3-1-2-5-13-20-14-6-4-7-15-20/h9-12H,1-8,13-16H2. The van der Waals surface area contributed by atoms with E-state index in [2.05, 4.69) is 4.90 Å². The molecule has 0 radical (unpaired) electrons. The molecular formula is C18H28FNO. The molecule has 0 saturated carbocycles. The van der Waals surface area contributed by atoms with Crippen LogP contribution in [0.2, 0.25) is 0 Å². The Hall–Kier alpha value is -1.09. The number of ether oxygens (including phenoxy) is 1. The monoisotopic (exact) mass is 293 g/mol. The van der Waals surface area contributed by atoms with Gasteiger partial charge in [-0.1, -0.05) is 25.7 Å². The fourth-order valence-electron chi connectivity index (χ4n) is 2.87. The zero-order valence-corrected chi connectivity index (χ0v) is 13.0. The van der Waals surface area contributed by atoms with Crippen LogP contribution >= 0.6 is 0 Å². The van der Waals surface area contributed by atoms with Crippen molar-refractivity contribution in [3.05, 3.63) is 30.1 Å². The van der Waals surface area contributed by atoms with Gasteiger partial charge in [-0.2, -0.15) is 0 Å².